The molecule has 0 amide bonds. The number of hydrogen-bond donors (Lipinski definition) is 2. The first-order chi connectivity index (χ1) is 15.2. The van der Waals surface area contributed by atoms with Crippen molar-refractivity contribution in [3.05, 3.63) is 83.0 Å². The monoisotopic (exact) mass is 414 g/mol. The molecule has 0 radical (unpaired) electrons. The van der Waals surface area contributed by atoms with Crippen LogP contribution in [0, 0.1) is 13.8 Å². The smallest absolute Gasteiger partial charge is 0.247 e. The molecule has 31 heavy (non-hydrogen) atoms. The molecule has 0 aliphatic carbocycles. The van der Waals surface area contributed by atoms with Crippen LogP contribution in [0.2, 0.25) is 0 Å². The van der Waals surface area contributed by atoms with E-state index in [9.17, 15) is 0 Å². The number of ether oxygens (including phenoxy) is 1. The summed E-state index contributed by atoms with van der Waals surface area (Å²) < 4.78 is 8.14. The van der Waals surface area contributed by atoms with Gasteiger partial charge in [0.15, 0.2) is 0 Å². The van der Waals surface area contributed by atoms with Crippen LogP contribution in [0.4, 0.5) is 0 Å². The Morgan fingerprint density at radius 2 is 2.10 bits per heavy atom. The lowest BCUT2D eigenvalue weighted by Crippen LogP contribution is -2.48. The summed E-state index contributed by atoms with van der Waals surface area (Å²) in [4.78, 5) is 14.5. The van der Waals surface area contributed by atoms with Crippen LogP contribution in [-0.4, -0.2) is 48.3 Å². The van der Waals surface area contributed by atoms with E-state index >= 15 is 0 Å². The van der Waals surface area contributed by atoms with Crippen molar-refractivity contribution in [2.75, 3.05) is 6.54 Å². The quantitative estimate of drug-likeness (QED) is 0.534. The van der Waals surface area contributed by atoms with E-state index in [4.69, 9.17) is 9.84 Å². The molecule has 9 heteroatoms. The summed E-state index contributed by atoms with van der Waals surface area (Å²) in [7, 11) is 0. The third-order valence-electron chi connectivity index (χ3n) is 5.93. The topological polar surface area (TPSA) is 95.7 Å². The molecule has 0 saturated carbocycles. The molecule has 2 N–H and O–H groups in total. The lowest BCUT2D eigenvalue weighted by Gasteiger charge is -2.36. The maximum atomic E-state index is 6.22. The van der Waals surface area contributed by atoms with Gasteiger partial charge in [-0.2, -0.15) is 5.10 Å². The zero-order valence-electron chi connectivity index (χ0n) is 17.3. The molecule has 1 unspecified atom stereocenters. The van der Waals surface area contributed by atoms with Gasteiger partial charge in [0.2, 0.25) is 12.2 Å². The summed E-state index contributed by atoms with van der Waals surface area (Å²) in [6.45, 7) is 4.83. The summed E-state index contributed by atoms with van der Waals surface area (Å²) in [6.07, 6.45) is 5.94. The molecule has 6 heterocycles. The molecule has 2 atom stereocenters. The molecule has 0 saturated heterocycles. The third kappa shape index (κ3) is 2.97. The van der Waals surface area contributed by atoms with E-state index in [1.165, 1.54) is 5.56 Å². The number of hydrogen-bond acceptors (Lipinski definition) is 7. The number of imidazole rings is 1. The van der Waals surface area contributed by atoms with Crippen molar-refractivity contribution >= 4 is 11.4 Å². The van der Waals surface area contributed by atoms with Crippen molar-refractivity contribution < 1.29 is 4.74 Å². The predicted molar refractivity (Wildman–Crippen MR) is 114 cm³/mol. The van der Waals surface area contributed by atoms with Crippen molar-refractivity contribution in [1.29, 1.82) is 0 Å². The lowest BCUT2D eigenvalue weighted by atomic mass is 10.00. The molecular weight excluding hydrogens is 392 g/mol. The van der Waals surface area contributed by atoms with E-state index in [1.807, 2.05) is 35.8 Å². The number of aromatic nitrogens is 5. The van der Waals surface area contributed by atoms with E-state index in [1.54, 1.807) is 12.5 Å². The van der Waals surface area contributed by atoms with E-state index in [0.29, 0.717) is 5.90 Å². The number of aromatic amines is 1. The van der Waals surface area contributed by atoms with Crippen molar-refractivity contribution in [2.24, 2.45) is 5.10 Å². The maximum Gasteiger partial charge on any atom is 0.247 e. The molecule has 0 aromatic carbocycles. The maximum absolute atomic E-state index is 6.22. The molecule has 0 spiro atoms. The Hall–Kier alpha value is -3.72. The van der Waals surface area contributed by atoms with Gasteiger partial charge in [-0.1, -0.05) is 6.07 Å². The van der Waals surface area contributed by atoms with Gasteiger partial charge < -0.3 is 9.72 Å². The first kappa shape index (κ1) is 18.1. The van der Waals surface area contributed by atoms with Crippen LogP contribution in [0.15, 0.2) is 54.2 Å². The molecule has 2 aliphatic heterocycles. The second kappa shape index (κ2) is 6.92. The normalized spacial score (nSPS) is 20.9. The van der Waals surface area contributed by atoms with Gasteiger partial charge in [-0.05, 0) is 43.7 Å². The fourth-order valence-electron chi connectivity index (χ4n) is 4.31. The number of aryl methyl sites for hydroxylation is 2. The van der Waals surface area contributed by atoms with E-state index < -0.39 is 6.35 Å². The van der Waals surface area contributed by atoms with E-state index in [2.05, 4.69) is 49.4 Å². The van der Waals surface area contributed by atoms with Crippen LogP contribution in [-0.2, 0) is 11.2 Å². The lowest BCUT2D eigenvalue weighted by molar-refractivity contribution is -0.0170. The Kier molecular flexibility index (Phi) is 4.03. The number of H-pyrrole nitrogens is 1. The Morgan fingerprint density at radius 3 is 2.94 bits per heavy atom. The van der Waals surface area contributed by atoms with Gasteiger partial charge in [0.25, 0.3) is 0 Å². The predicted octanol–water partition coefficient (Wildman–Crippen LogP) is 2.28. The van der Waals surface area contributed by atoms with Gasteiger partial charge in [0.1, 0.15) is 6.04 Å². The van der Waals surface area contributed by atoms with Gasteiger partial charge in [-0.3, -0.25) is 10.4 Å². The minimum atomic E-state index is -0.419. The molecule has 156 valence electrons. The zero-order chi connectivity index (χ0) is 20.9. The summed E-state index contributed by atoms with van der Waals surface area (Å²) in [6, 6.07) is 10.0. The van der Waals surface area contributed by atoms with Crippen LogP contribution in [0.25, 0.3) is 5.52 Å². The van der Waals surface area contributed by atoms with Gasteiger partial charge in [-0.15, -0.1) is 5.10 Å². The Balaban J connectivity index is 1.35. The molecular formula is C22H22N8O. The summed E-state index contributed by atoms with van der Waals surface area (Å²) in [5.41, 5.74) is 10.3. The highest BCUT2D eigenvalue weighted by Crippen LogP contribution is 2.35. The van der Waals surface area contributed by atoms with Crippen LogP contribution in [0.5, 0.6) is 0 Å². The second-order valence-electron chi connectivity index (χ2n) is 7.95. The minimum Gasteiger partial charge on any atom is -0.437 e. The summed E-state index contributed by atoms with van der Waals surface area (Å²) in [5, 5.41) is 9.30. The van der Waals surface area contributed by atoms with Crippen LogP contribution in [0.3, 0.4) is 0 Å². The Bertz CT molecular complexity index is 1290. The number of fused-ring (bicyclic) bond motifs is 2. The number of pyridine rings is 2. The Morgan fingerprint density at radius 1 is 1.16 bits per heavy atom. The number of nitrogens with one attached hydrogen (secondary N) is 2. The fourth-order valence-corrected chi connectivity index (χ4v) is 4.31. The van der Waals surface area contributed by atoms with Crippen molar-refractivity contribution in [2.45, 2.75) is 32.7 Å². The first-order valence-corrected chi connectivity index (χ1v) is 10.3. The fraction of sp³-hybridized carbons (Fsp3) is 0.273. The van der Waals surface area contributed by atoms with Crippen LogP contribution < -0.4 is 5.43 Å². The highest BCUT2D eigenvalue weighted by atomic mass is 16.5. The summed E-state index contributed by atoms with van der Waals surface area (Å²) >= 11 is 0. The molecule has 9 nitrogen and oxygen atoms in total. The van der Waals surface area contributed by atoms with Crippen LogP contribution >= 0.6 is 0 Å². The third-order valence-corrected chi connectivity index (χ3v) is 5.93. The molecule has 0 bridgehead atoms. The zero-order valence-corrected chi connectivity index (χ0v) is 17.3. The second-order valence-corrected chi connectivity index (χ2v) is 7.95. The van der Waals surface area contributed by atoms with E-state index in [-0.39, 0.29) is 6.04 Å². The average Bonchev–Trinajstić information content (AvgIpc) is 3.52. The largest absolute Gasteiger partial charge is 0.437 e. The highest BCUT2D eigenvalue weighted by Gasteiger charge is 2.40. The van der Waals surface area contributed by atoms with Gasteiger partial charge in [0.05, 0.1) is 28.8 Å². The van der Waals surface area contributed by atoms with Crippen molar-refractivity contribution in [3.63, 3.8) is 0 Å². The first-order valence-electron chi connectivity index (χ1n) is 10.3. The number of hydrazone groups is 1. The number of rotatable bonds is 3. The summed E-state index contributed by atoms with van der Waals surface area (Å²) in [5.74, 6) is 0.537. The van der Waals surface area contributed by atoms with Crippen LogP contribution in [0.1, 0.15) is 39.9 Å². The molecule has 0 fully saturated rings. The molecule has 6 rings (SSSR count). The molecule has 2 aliphatic rings. The minimum absolute atomic E-state index is 0.155. The molecule has 4 aromatic rings. The van der Waals surface area contributed by atoms with Gasteiger partial charge in [-0.25, -0.2) is 14.4 Å². The molecule has 4 aromatic heterocycles. The van der Waals surface area contributed by atoms with Crippen molar-refractivity contribution in [3.8, 4) is 0 Å². The number of nitrogens with zero attached hydrogens (tertiary/aromatic N) is 6. The standard InChI is InChI=1S/C22H22N8O/c1-13-4-3-8-30-18(13)10-17(28-30)20-19-16(24-12-25-19)7-9-29(20)22-27-26-21(31-22)15-6-5-14(2)23-11-15/h3-6,8,10-12,20,22,27H,7,9H2,1-2H3,(H,24,25)/t20-,22?/m1/s1. The highest BCUT2D eigenvalue weighted by molar-refractivity contribution is 5.94. The average molecular weight is 414 g/mol. The SMILES string of the molecule is Cc1ccc(C2=NNC(N3CCc4[nH]cnc4[C@H]3c3cc4c(C)cccn4n3)O2)cn1. The van der Waals surface area contributed by atoms with E-state index in [0.717, 1.165) is 46.8 Å². The Labute approximate surface area is 178 Å². The van der Waals surface area contributed by atoms with Gasteiger partial charge in [0, 0.05) is 36.7 Å². The van der Waals surface area contributed by atoms with Gasteiger partial charge >= 0.3 is 0 Å². The van der Waals surface area contributed by atoms with Crippen molar-refractivity contribution in [1.82, 2.24) is 34.9 Å².